The third kappa shape index (κ3) is 4.03. The molecule has 0 heterocycles. The van der Waals surface area contributed by atoms with E-state index < -0.39 is 5.82 Å². The molecular weight excluding hydrogens is 223 g/mol. The molecule has 0 saturated carbocycles. The van der Waals surface area contributed by atoms with Gasteiger partial charge in [0, 0.05) is 0 Å². The quantitative estimate of drug-likeness (QED) is 0.764. The van der Waals surface area contributed by atoms with Crippen molar-refractivity contribution in [3.05, 3.63) is 29.0 Å². The molecule has 3 nitrogen and oxygen atoms in total. The lowest BCUT2D eigenvalue weighted by atomic mass is 10.3. The van der Waals surface area contributed by atoms with Crippen molar-refractivity contribution < 1.29 is 19.0 Å². The highest BCUT2D eigenvalue weighted by molar-refractivity contribution is 6.30. The van der Waals surface area contributed by atoms with Crippen LogP contribution in [0.15, 0.2) is 18.2 Å². The van der Waals surface area contributed by atoms with E-state index in [0.29, 0.717) is 6.61 Å². The van der Waals surface area contributed by atoms with Gasteiger partial charge < -0.3 is 14.6 Å². The Bertz CT molecular complexity index is 307. The van der Waals surface area contributed by atoms with Crippen molar-refractivity contribution in [2.75, 3.05) is 26.4 Å². The van der Waals surface area contributed by atoms with E-state index in [9.17, 15) is 4.39 Å². The Morgan fingerprint density at radius 2 is 2.07 bits per heavy atom. The molecule has 0 amide bonds. The van der Waals surface area contributed by atoms with Crippen LogP contribution in [0.3, 0.4) is 0 Å². The van der Waals surface area contributed by atoms with Crippen LogP contribution in [0.25, 0.3) is 0 Å². The second kappa shape index (κ2) is 6.61. The van der Waals surface area contributed by atoms with Crippen LogP contribution in [0.4, 0.5) is 4.39 Å². The topological polar surface area (TPSA) is 38.7 Å². The molecule has 1 N–H and O–H groups in total. The van der Waals surface area contributed by atoms with Crippen molar-refractivity contribution in [3.63, 3.8) is 0 Å². The second-order valence-corrected chi connectivity index (χ2v) is 3.14. The van der Waals surface area contributed by atoms with E-state index >= 15 is 0 Å². The van der Waals surface area contributed by atoms with E-state index in [-0.39, 0.29) is 30.6 Å². The lowest BCUT2D eigenvalue weighted by Crippen LogP contribution is -2.09. The van der Waals surface area contributed by atoms with Crippen LogP contribution in [0, 0.1) is 5.82 Å². The molecule has 0 atom stereocenters. The first-order valence-electron chi connectivity index (χ1n) is 4.51. The molecule has 0 aliphatic carbocycles. The van der Waals surface area contributed by atoms with Crippen LogP contribution in [0.2, 0.25) is 5.02 Å². The molecule has 0 aliphatic heterocycles. The fourth-order valence-corrected chi connectivity index (χ4v) is 1.14. The molecule has 0 aromatic heterocycles. The van der Waals surface area contributed by atoms with Gasteiger partial charge in [0.2, 0.25) is 0 Å². The number of aliphatic hydroxyl groups is 1. The van der Waals surface area contributed by atoms with Gasteiger partial charge in [0.1, 0.15) is 6.61 Å². The molecule has 1 aromatic rings. The Balaban J connectivity index is 2.34. The lowest BCUT2D eigenvalue weighted by molar-refractivity contribution is 0.0696. The van der Waals surface area contributed by atoms with Crippen molar-refractivity contribution >= 4 is 11.6 Å². The molecule has 0 unspecified atom stereocenters. The van der Waals surface area contributed by atoms with Gasteiger partial charge in [-0.15, -0.1) is 0 Å². The summed E-state index contributed by atoms with van der Waals surface area (Å²) in [7, 11) is 0. The zero-order chi connectivity index (χ0) is 11.1. The van der Waals surface area contributed by atoms with Crippen molar-refractivity contribution in [1.29, 1.82) is 0 Å². The van der Waals surface area contributed by atoms with Gasteiger partial charge in [0.25, 0.3) is 0 Å². The number of ether oxygens (including phenoxy) is 2. The zero-order valence-corrected chi connectivity index (χ0v) is 8.84. The smallest absolute Gasteiger partial charge is 0.183 e. The standard InChI is InChI=1S/C10H12ClFO3/c11-8-2-1-3-9(10(8)12)15-7-6-14-5-4-13/h1-3,13H,4-7H2. The molecule has 0 spiro atoms. The minimum Gasteiger partial charge on any atom is -0.488 e. The highest BCUT2D eigenvalue weighted by Gasteiger charge is 2.06. The van der Waals surface area contributed by atoms with Crippen molar-refractivity contribution in [1.82, 2.24) is 0 Å². The summed E-state index contributed by atoms with van der Waals surface area (Å²) in [6.45, 7) is 0.733. The molecule has 5 heteroatoms. The SMILES string of the molecule is OCCOCCOc1cccc(Cl)c1F. The van der Waals surface area contributed by atoms with E-state index in [1.54, 1.807) is 6.07 Å². The highest BCUT2D eigenvalue weighted by Crippen LogP contribution is 2.23. The summed E-state index contributed by atoms with van der Waals surface area (Å²) in [6.07, 6.45) is 0. The van der Waals surface area contributed by atoms with Crippen LogP contribution in [-0.2, 0) is 4.74 Å². The van der Waals surface area contributed by atoms with Gasteiger partial charge in [0.15, 0.2) is 11.6 Å². The molecule has 84 valence electrons. The Kier molecular flexibility index (Phi) is 5.39. The van der Waals surface area contributed by atoms with E-state index in [0.717, 1.165) is 0 Å². The summed E-state index contributed by atoms with van der Waals surface area (Å²) in [4.78, 5) is 0. The predicted octanol–water partition coefficient (Wildman–Crippen LogP) is 1.87. The Labute approximate surface area is 92.4 Å². The zero-order valence-electron chi connectivity index (χ0n) is 8.08. The first-order valence-corrected chi connectivity index (χ1v) is 4.89. The maximum absolute atomic E-state index is 13.2. The average Bonchev–Trinajstić information content (AvgIpc) is 2.24. The Morgan fingerprint density at radius 3 is 2.80 bits per heavy atom. The minimum atomic E-state index is -0.568. The van der Waals surface area contributed by atoms with Crippen LogP contribution >= 0.6 is 11.6 Å². The van der Waals surface area contributed by atoms with Gasteiger partial charge >= 0.3 is 0 Å². The third-order valence-corrected chi connectivity index (χ3v) is 1.93. The van der Waals surface area contributed by atoms with Gasteiger partial charge in [-0.2, -0.15) is 0 Å². The highest BCUT2D eigenvalue weighted by atomic mass is 35.5. The van der Waals surface area contributed by atoms with E-state index in [1.165, 1.54) is 12.1 Å². The largest absolute Gasteiger partial charge is 0.488 e. The van der Waals surface area contributed by atoms with Crippen LogP contribution in [0.5, 0.6) is 5.75 Å². The summed E-state index contributed by atoms with van der Waals surface area (Å²) < 4.78 is 23.3. The molecule has 0 radical (unpaired) electrons. The molecule has 0 saturated heterocycles. The van der Waals surface area contributed by atoms with E-state index in [2.05, 4.69) is 0 Å². The molecule has 0 bridgehead atoms. The molecule has 15 heavy (non-hydrogen) atoms. The second-order valence-electron chi connectivity index (χ2n) is 2.74. The number of benzene rings is 1. The summed E-state index contributed by atoms with van der Waals surface area (Å²) in [5.41, 5.74) is 0. The number of halogens is 2. The lowest BCUT2D eigenvalue weighted by Gasteiger charge is -2.07. The number of hydrogen-bond acceptors (Lipinski definition) is 3. The normalized spacial score (nSPS) is 10.3. The maximum Gasteiger partial charge on any atom is 0.183 e. The van der Waals surface area contributed by atoms with Gasteiger partial charge in [-0.05, 0) is 12.1 Å². The van der Waals surface area contributed by atoms with Gasteiger partial charge in [0.05, 0.1) is 24.8 Å². The van der Waals surface area contributed by atoms with Crippen LogP contribution in [0.1, 0.15) is 0 Å². The molecular formula is C10H12ClFO3. The number of hydrogen-bond donors (Lipinski definition) is 1. The molecule has 0 aliphatic rings. The van der Waals surface area contributed by atoms with Crippen molar-refractivity contribution in [2.24, 2.45) is 0 Å². The Morgan fingerprint density at radius 1 is 1.27 bits per heavy atom. The number of aliphatic hydroxyl groups excluding tert-OH is 1. The van der Waals surface area contributed by atoms with Crippen LogP contribution in [-0.4, -0.2) is 31.5 Å². The Hall–Kier alpha value is -0.840. The minimum absolute atomic E-state index is 0.0313. The van der Waals surface area contributed by atoms with E-state index in [1.807, 2.05) is 0 Å². The fourth-order valence-electron chi connectivity index (χ4n) is 0.973. The average molecular weight is 235 g/mol. The fraction of sp³-hybridized carbons (Fsp3) is 0.400. The third-order valence-electron chi connectivity index (χ3n) is 1.64. The predicted molar refractivity (Wildman–Crippen MR) is 54.8 cm³/mol. The van der Waals surface area contributed by atoms with Gasteiger partial charge in [-0.3, -0.25) is 0 Å². The monoisotopic (exact) mass is 234 g/mol. The number of rotatable bonds is 6. The first-order chi connectivity index (χ1) is 7.25. The molecule has 1 aromatic carbocycles. The summed E-state index contributed by atoms with van der Waals surface area (Å²) in [5.74, 6) is -0.462. The molecule has 1 rings (SSSR count). The van der Waals surface area contributed by atoms with Crippen LogP contribution < -0.4 is 4.74 Å². The first kappa shape index (κ1) is 12.2. The summed E-state index contributed by atoms with van der Waals surface area (Å²) in [6, 6.07) is 4.55. The van der Waals surface area contributed by atoms with Gasteiger partial charge in [-0.25, -0.2) is 4.39 Å². The van der Waals surface area contributed by atoms with Gasteiger partial charge in [-0.1, -0.05) is 17.7 Å². The van der Waals surface area contributed by atoms with Crippen molar-refractivity contribution in [2.45, 2.75) is 0 Å². The summed E-state index contributed by atoms with van der Waals surface area (Å²) in [5, 5.41) is 8.45. The van der Waals surface area contributed by atoms with Crippen molar-refractivity contribution in [3.8, 4) is 5.75 Å². The maximum atomic E-state index is 13.2. The summed E-state index contributed by atoms with van der Waals surface area (Å²) >= 11 is 5.56. The van der Waals surface area contributed by atoms with E-state index in [4.69, 9.17) is 26.2 Å². The molecule has 0 fully saturated rings.